The topological polar surface area (TPSA) is 53.2 Å². The van der Waals surface area contributed by atoms with Crippen molar-refractivity contribution in [2.75, 3.05) is 0 Å². The van der Waals surface area contributed by atoms with Crippen LogP contribution in [0.5, 0.6) is 0 Å². The Morgan fingerprint density at radius 2 is 2.47 bits per heavy atom. The fraction of sp³-hybridized carbons (Fsp3) is 0.615. The van der Waals surface area contributed by atoms with Gasteiger partial charge >= 0.3 is 0 Å². The Morgan fingerprint density at radius 3 is 2.94 bits per heavy atom. The van der Waals surface area contributed by atoms with Crippen LogP contribution in [-0.4, -0.2) is 17.3 Å². The zero-order valence-corrected chi connectivity index (χ0v) is 10.5. The average Bonchev–Trinajstić information content (AvgIpc) is 3.04. The predicted molar refractivity (Wildman–Crippen MR) is 64.4 cm³/mol. The summed E-state index contributed by atoms with van der Waals surface area (Å²) in [5.74, 6) is 0. The van der Waals surface area contributed by atoms with Crippen molar-refractivity contribution in [3.8, 4) is 6.07 Å². The van der Waals surface area contributed by atoms with Gasteiger partial charge in [-0.2, -0.15) is 5.26 Å². The van der Waals surface area contributed by atoms with Gasteiger partial charge in [0.15, 0.2) is 0 Å². The van der Waals surface area contributed by atoms with Crippen LogP contribution in [-0.2, 0) is 10.3 Å². The van der Waals surface area contributed by atoms with Crippen LogP contribution >= 0.6 is 11.3 Å². The number of fused-ring (bicyclic) bond motifs is 2. The minimum atomic E-state index is -1.12. The number of hydrogen-bond donors (Lipinski definition) is 1. The van der Waals surface area contributed by atoms with E-state index in [9.17, 15) is 10.4 Å². The smallest absolute Gasteiger partial charge is 0.119 e. The molecule has 0 amide bonds. The molecule has 17 heavy (non-hydrogen) atoms. The number of hydrogen-bond acceptors (Lipinski definition) is 4. The number of rotatable bonds is 2. The normalized spacial score (nSPS) is 38.9. The summed E-state index contributed by atoms with van der Waals surface area (Å²) in [6.07, 6.45) is 2.61. The van der Waals surface area contributed by atoms with E-state index in [2.05, 4.69) is 6.07 Å². The Balaban J connectivity index is 2.05. The first kappa shape index (κ1) is 11.2. The first-order chi connectivity index (χ1) is 8.10. The molecule has 0 radical (unpaired) electrons. The number of aliphatic hydroxyl groups is 1. The Bertz CT molecular complexity index is 462. The predicted octanol–water partition coefficient (Wildman–Crippen LogP) is 2.42. The van der Waals surface area contributed by atoms with E-state index in [1.807, 2.05) is 17.5 Å². The van der Waals surface area contributed by atoms with Gasteiger partial charge in [0.2, 0.25) is 0 Å². The van der Waals surface area contributed by atoms with Gasteiger partial charge in [-0.05, 0) is 37.6 Å². The van der Waals surface area contributed by atoms with Crippen molar-refractivity contribution < 1.29 is 9.84 Å². The largest absolute Gasteiger partial charge is 0.383 e. The second kappa shape index (κ2) is 3.55. The minimum Gasteiger partial charge on any atom is -0.383 e. The van der Waals surface area contributed by atoms with Gasteiger partial charge in [-0.3, -0.25) is 0 Å². The summed E-state index contributed by atoms with van der Waals surface area (Å²) in [6, 6.07) is 6.18. The zero-order chi connectivity index (χ0) is 12.1. The molecule has 2 aliphatic heterocycles. The van der Waals surface area contributed by atoms with E-state index in [4.69, 9.17) is 4.74 Å². The number of ether oxygens (including phenoxy) is 1. The maximum absolute atomic E-state index is 10.9. The highest BCUT2D eigenvalue weighted by molar-refractivity contribution is 7.10. The van der Waals surface area contributed by atoms with Crippen LogP contribution in [0, 0.1) is 16.7 Å². The number of nitriles is 1. The Kier molecular flexibility index (Phi) is 2.34. The molecule has 1 aromatic rings. The third-order valence-electron chi connectivity index (χ3n) is 4.28. The molecule has 1 N–H and O–H groups in total. The van der Waals surface area contributed by atoms with Gasteiger partial charge < -0.3 is 9.84 Å². The molecule has 0 spiro atoms. The van der Waals surface area contributed by atoms with Crippen LogP contribution in [0.3, 0.4) is 0 Å². The molecular formula is C13H15NO2S. The fourth-order valence-corrected chi connectivity index (χ4v) is 4.10. The third-order valence-corrected chi connectivity index (χ3v) is 5.36. The average molecular weight is 249 g/mol. The van der Waals surface area contributed by atoms with Gasteiger partial charge in [0.05, 0.1) is 18.3 Å². The van der Waals surface area contributed by atoms with Crippen LogP contribution in [0.4, 0.5) is 0 Å². The molecule has 3 heterocycles. The van der Waals surface area contributed by atoms with Gasteiger partial charge in [0.25, 0.3) is 0 Å². The lowest BCUT2D eigenvalue weighted by molar-refractivity contribution is -0.0747. The highest BCUT2D eigenvalue weighted by atomic mass is 32.1. The fourth-order valence-electron chi connectivity index (χ4n) is 3.22. The lowest BCUT2D eigenvalue weighted by Crippen LogP contribution is -2.48. The molecule has 2 fully saturated rings. The molecule has 3 nitrogen and oxygen atoms in total. The molecule has 90 valence electrons. The Morgan fingerprint density at radius 1 is 1.65 bits per heavy atom. The first-order valence-corrected chi connectivity index (χ1v) is 6.81. The second-order valence-electron chi connectivity index (χ2n) is 5.16. The molecule has 0 aromatic carbocycles. The van der Waals surface area contributed by atoms with E-state index in [1.54, 1.807) is 6.92 Å². The SMILES string of the molecule is CC(O)(c1cccs1)C1(C#N)CC2CCC1O2. The summed E-state index contributed by atoms with van der Waals surface area (Å²) in [5, 5.41) is 22.4. The number of nitrogens with zero attached hydrogens (tertiary/aromatic N) is 1. The van der Waals surface area contributed by atoms with Crippen LogP contribution in [0.1, 0.15) is 31.1 Å². The highest BCUT2D eigenvalue weighted by Crippen LogP contribution is 2.57. The van der Waals surface area contributed by atoms with Crippen molar-refractivity contribution in [3.05, 3.63) is 22.4 Å². The molecule has 0 saturated carbocycles. The summed E-state index contributed by atoms with van der Waals surface area (Å²) in [6.45, 7) is 1.76. The quantitative estimate of drug-likeness (QED) is 0.875. The maximum Gasteiger partial charge on any atom is 0.119 e. The van der Waals surface area contributed by atoms with E-state index in [-0.39, 0.29) is 12.2 Å². The highest BCUT2D eigenvalue weighted by Gasteiger charge is 2.62. The van der Waals surface area contributed by atoms with E-state index in [1.165, 1.54) is 11.3 Å². The van der Waals surface area contributed by atoms with Crippen molar-refractivity contribution in [2.45, 2.75) is 44.0 Å². The first-order valence-electron chi connectivity index (χ1n) is 5.93. The van der Waals surface area contributed by atoms with E-state index in [0.29, 0.717) is 6.42 Å². The second-order valence-corrected chi connectivity index (χ2v) is 6.11. The minimum absolute atomic E-state index is 0.116. The van der Waals surface area contributed by atoms with Crippen molar-refractivity contribution >= 4 is 11.3 Å². The molecule has 2 bridgehead atoms. The van der Waals surface area contributed by atoms with Crippen LogP contribution in [0.15, 0.2) is 17.5 Å². The van der Waals surface area contributed by atoms with Crippen molar-refractivity contribution in [2.24, 2.45) is 5.41 Å². The molecule has 4 unspecified atom stereocenters. The van der Waals surface area contributed by atoms with Gasteiger partial charge in [-0.1, -0.05) is 6.07 Å². The van der Waals surface area contributed by atoms with Gasteiger partial charge in [-0.15, -0.1) is 11.3 Å². The molecule has 4 heteroatoms. The summed E-state index contributed by atoms with van der Waals surface area (Å²) >= 11 is 1.50. The molecule has 3 rings (SSSR count). The Hall–Kier alpha value is -0.890. The molecule has 4 atom stereocenters. The monoisotopic (exact) mass is 249 g/mol. The summed E-state index contributed by atoms with van der Waals surface area (Å²) in [4.78, 5) is 0.857. The summed E-state index contributed by atoms with van der Waals surface area (Å²) in [5.41, 5.74) is -1.89. The lowest BCUT2D eigenvalue weighted by atomic mass is 9.64. The lowest BCUT2D eigenvalue weighted by Gasteiger charge is -2.40. The zero-order valence-electron chi connectivity index (χ0n) is 9.72. The Labute approximate surface area is 105 Å². The van der Waals surface area contributed by atoms with Gasteiger partial charge in [0, 0.05) is 4.88 Å². The van der Waals surface area contributed by atoms with Gasteiger partial charge in [-0.25, -0.2) is 0 Å². The molecular weight excluding hydrogens is 234 g/mol. The van der Waals surface area contributed by atoms with Crippen molar-refractivity contribution in [1.29, 1.82) is 5.26 Å². The molecule has 1 aromatic heterocycles. The van der Waals surface area contributed by atoms with Crippen LogP contribution in [0.25, 0.3) is 0 Å². The van der Waals surface area contributed by atoms with Crippen LogP contribution < -0.4 is 0 Å². The molecule has 2 saturated heterocycles. The third kappa shape index (κ3) is 1.33. The molecule has 2 aliphatic rings. The van der Waals surface area contributed by atoms with Crippen molar-refractivity contribution in [1.82, 2.24) is 0 Å². The summed E-state index contributed by atoms with van der Waals surface area (Å²) < 4.78 is 5.79. The number of thiophene rings is 1. The molecule has 0 aliphatic carbocycles. The van der Waals surface area contributed by atoms with E-state index >= 15 is 0 Å². The van der Waals surface area contributed by atoms with E-state index < -0.39 is 11.0 Å². The van der Waals surface area contributed by atoms with Crippen LogP contribution in [0.2, 0.25) is 0 Å². The summed E-state index contributed by atoms with van der Waals surface area (Å²) in [7, 11) is 0. The van der Waals surface area contributed by atoms with Gasteiger partial charge in [0.1, 0.15) is 11.0 Å². The van der Waals surface area contributed by atoms with Crippen molar-refractivity contribution in [3.63, 3.8) is 0 Å². The van der Waals surface area contributed by atoms with E-state index in [0.717, 1.165) is 17.7 Å². The standard InChI is InChI=1S/C13H15NO2S/c1-12(15,11-3-2-6-17-11)13(8-14)7-9-4-5-10(13)16-9/h2-3,6,9-10,15H,4-5,7H2,1H3. The maximum atomic E-state index is 10.9.